The maximum atomic E-state index is 12.3. The maximum absolute atomic E-state index is 12.3. The molecule has 0 amide bonds. The van der Waals surface area contributed by atoms with Crippen LogP contribution in [0.5, 0.6) is 0 Å². The lowest BCUT2D eigenvalue weighted by Gasteiger charge is -1.81. The highest BCUT2D eigenvalue weighted by Gasteiger charge is 2.13. The lowest BCUT2D eigenvalue weighted by Crippen LogP contribution is -1.76. The van der Waals surface area contributed by atoms with Gasteiger partial charge in [0.15, 0.2) is 4.98 Å². The summed E-state index contributed by atoms with van der Waals surface area (Å²) < 4.78 is 53.5. The SMILES string of the molecule is FB(F)F.N#[N+]c1cc(F)ccc1F. The van der Waals surface area contributed by atoms with Crippen LogP contribution in [0.15, 0.2) is 18.2 Å². The Morgan fingerprint density at radius 1 is 1.14 bits per heavy atom. The molecule has 2 nitrogen and oxygen atoms in total. The fraction of sp³-hybridized carbons (Fsp3) is 0. The Morgan fingerprint density at radius 2 is 1.64 bits per heavy atom. The lowest BCUT2D eigenvalue weighted by molar-refractivity contribution is 0.535. The molecule has 8 heteroatoms. The van der Waals surface area contributed by atoms with Gasteiger partial charge in [0.05, 0.1) is 6.07 Å². The smallest absolute Gasteiger partial charge is 0.254 e. The Hall–Kier alpha value is -1.65. The Labute approximate surface area is 76.2 Å². The van der Waals surface area contributed by atoms with E-state index in [0.29, 0.717) is 0 Å². The summed E-state index contributed by atoms with van der Waals surface area (Å²) in [4.78, 5) is 2.52. The zero-order valence-electron chi connectivity index (χ0n) is 6.59. The average molecular weight is 209 g/mol. The minimum absolute atomic E-state index is 0.389. The lowest BCUT2D eigenvalue weighted by atomic mass is 10.3. The second kappa shape index (κ2) is 5.91. The molecule has 0 bridgehead atoms. The number of hydrogen-bond acceptors (Lipinski definition) is 1. The fourth-order valence-corrected chi connectivity index (χ4v) is 0.562. The number of halogens is 5. The number of nitrogens with zero attached hydrogens (tertiary/aromatic N) is 2. The molecule has 0 aliphatic rings. The van der Waals surface area contributed by atoms with Gasteiger partial charge in [0.25, 0.3) is 0 Å². The molecule has 0 aromatic heterocycles. The van der Waals surface area contributed by atoms with Gasteiger partial charge in [0.2, 0.25) is 11.2 Å². The van der Waals surface area contributed by atoms with E-state index in [2.05, 4.69) is 4.98 Å². The largest absolute Gasteiger partial charge is 0.762 e. The van der Waals surface area contributed by atoms with Crippen molar-refractivity contribution in [2.24, 2.45) is 0 Å². The van der Waals surface area contributed by atoms with Crippen molar-refractivity contribution in [2.45, 2.75) is 0 Å². The first-order chi connectivity index (χ1) is 6.47. The summed E-state index contributed by atoms with van der Waals surface area (Å²) >= 11 is 0. The first-order valence-electron chi connectivity index (χ1n) is 3.19. The van der Waals surface area contributed by atoms with Crippen LogP contribution in [0, 0.1) is 17.0 Å². The third-order valence-corrected chi connectivity index (χ3v) is 1.02. The van der Waals surface area contributed by atoms with Crippen LogP contribution in [0.3, 0.4) is 0 Å². The molecule has 0 unspecified atom stereocenters. The molecule has 74 valence electrons. The van der Waals surface area contributed by atoms with E-state index in [-0.39, 0.29) is 5.69 Å². The van der Waals surface area contributed by atoms with Crippen LogP contribution in [0.4, 0.5) is 27.4 Å². The van der Waals surface area contributed by atoms with Crippen molar-refractivity contribution in [1.82, 2.24) is 0 Å². The minimum Gasteiger partial charge on any atom is -0.254 e. The summed E-state index contributed by atoms with van der Waals surface area (Å²) in [5, 5.41) is 8.06. The van der Waals surface area contributed by atoms with E-state index in [1.54, 1.807) is 0 Å². The van der Waals surface area contributed by atoms with Gasteiger partial charge in [-0.15, -0.1) is 0 Å². The van der Waals surface area contributed by atoms with Gasteiger partial charge in [-0.25, -0.2) is 4.39 Å². The highest BCUT2D eigenvalue weighted by molar-refractivity contribution is 6.33. The molecule has 0 spiro atoms. The predicted molar refractivity (Wildman–Crippen MR) is 40.2 cm³/mol. The molecule has 1 aromatic carbocycles. The van der Waals surface area contributed by atoms with Gasteiger partial charge in [-0.2, -0.15) is 4.39 Å². The number of diazo groups is 1. The van der Waals surface area contributed by atoms with E-state index in [1.807, 2.05) is 0 Å². The summed E-state index contributed by atoms with van der Waals surface area (Å²) in [6.45, 7) is 0. The van der Waals surface area contributed by atoms with E-state index in [4.69, 9.17) is 5.39 Å². The summed E-state index contributed by atoms with van der Waals surface area (Å²) in [6.07, 6.45) is 0. The number of hydrogen-bond donors (Lipinski definition) is 0. The van der Waals surface area contributed by atoms with Crippen LogP contribution in [0.1, 0.15) is 0 Å². The van der Waals surface area contributed by atoms with Crippen molar-refractivity contribution in [3.63, 3.8) is 0 Å². The van der Waals surface area contributed by atoms with Crippen molar-refractivity contribution >= 4 is 13.2 Å². The molecule has 1 rings (SSSR count). The normalized spacial score (nSPS) is 8.29. The first-order valence-corrected chi connectivity index (χ1v) is 3.19. The number of benzene rings is 1. The van der Waals surface area contributed by atoms with E-state index in [0.717, 1.165) is 18.2 Å². The second-order valence-electron chi connectivity index (χ2n) is 1.94. The molecule has 0 N–H and O–H groups in total. The Morgan fingerprint density at radius 3 is 2.00 bits per heavy atom. The van der Waals surface area contributed by atoms with E-state index >= 15 is 0 Å². The van der Waals surface area contributed by atoms with Gasteiger partial charge >= 0.3 is 13.2 Å². The molecule has 0 fully saturated rings. The van der Waals surface area contributed by atoms with Crippen LogP contribution < -0.4 is 0 Å². The van der Waals surface area contributed by atoms with E-state index in [1.165, 1.54) is 0 Å². The van der Waals surface area contributed by atoms with Crippen molar-refractivity contribution in [3.8, 4) is 0 Å². The van der Waals surface area contributed by atoms with Gasteiger partial charge < -0.3 is 0 Å². The maximum Gasteiger partial charge on any atom is 0.762 e. The van der Waals surface area contributed by atoms with Crippen LogP contribution in [0.2, 0.25) is 0 Å². The molecule has 0 radical (unpaired) electrons. The molecule has 0 atom stereocenters. The zero-order chi connectivity index (χ0) is 11.1. The summed E-state index contributed by atoms with van der Waals surface area (Å²) in [7, 11) is -3.67. The second-order valence-corrected chi connectivity index (χ2v) is 1.94. The fourth-order valence-electron chi connectivity index (χ4n) is 0.562. The molecular weight excluding hydrogens is 206 g/mol. The standard InChI is InChI=1S/C6H3F2N2.BF3/c7-4-1-2-5(8)6(3-4)10-9;2-1(3)4/h1-3H;/q+1;. The van der Waals surface area contributed by atoms with Crippen LogP contribution in [-0.4, -0.2) is 7.54 Å². The molecule has 0 saturated carbocycles. The quantitative estimate of drug-likeness (QED) is 0.365. The van der Waals surface area contributed by atoms with E-state index < -0.39 is 19.2 Å². The van der Waals surface area contributed by atoms with Crippen LogP contribution in [0.25, 0.3) is 4.98 Å². The molecule has 0 saturated heterocycles. The van der Waals surface area contributed by atoms with Crippen LogP contribution >= 0.6 is 0 Å². The molecule has 14 heavy (non-hydrogen) atoms. The molecule has 0 aliphatic heterocycles. The van der Waals surface area contributed by atoms with Crippen molar-refractivity contribution in [3.05, 3.63) is 34.8 Å². The Kier molecular flexibility index (Phi) is 5.21. The minimum atomic E-state index is -3.67. The molecule has 0 aliphatic carbocycles. The van der Waals surface area contributed by atoms with Gasteiger partial charge in [0, 0.05) is 0 Å². The Balaban J connectivity index is 0.000000364. The van der Waals surface area contributed by atoms with Gasteiger partial charge in [-0.1, -0.05) is 0 Å². The van der Waals surface area contributed by atoms with Crippen LogP contribution in [-0.2, 0) is 0 Å². The summed E-state index contributed by atoms with van der Waals surface area (Å²) in [5.41, 5.74) is -0.389. The molecule has 0 heterocycles. The highest BCUT2D eigenvalue weighted by Crippen LogP contribution is 2.17. The first kappa shape index (κ1) is 12.4. The average Bonchev–Trinajstić information content (AvgIpc) is 2.08. The predicted octanol–water partition coefficient (Wildman–Crippen LogP) is 3.33. The van der Waals surface area contributed by atoms with Crippen molar-refractivity contribution in [1.29, 1.82) is 5.39 Å². The third-order valence-electron chi connectivity index (χ3n) is 1.02. The van der Waals surface area contributed by atoms with Gasteiger partial charge in [-0.3, -0.25) is 12.9 Å². The van der Waals surface area contributed by atoms with Gasteiger partial charge in [0.1, 0.15) is 5.82 Å². The van der Waals surface area contributed by atoms with Crippen molar-refractivity contribution < 1.29 is 21.7 Å². The topological polar surface area (TPSA) is 28.1 Å². The molecule has 1 aromatic rings. The van der Waals surface area contributed by atoms with E-state index in [9.17, 15) is 21.7 Å². The third kappa shape index (κ3) is 5.08. The highest BCUT2D eigenvalue weighted by atomic mass is 19.4. The number of rotatable bonds is 0. The van der Waals surface area contributed by atoms with Crippen molar-refractivity contribution in [2.75, 3.05) is 0 Å². The Bertz CT molecular complexity index is 335. The van der Waals surface area contributed by atoms with Gasteiger partial charge in [-0.05, 0) is 12.1 Å². The monoisotopic (exact) mass is 209 g/mol. The summed E-state index contributed by atoms with van der Waals surface area (Å²) in [5.74, 6) is -1.38. The zero-order valence-corrected chi connectivity index (χ0v) is 6.59. The summed E-state index contributed by atoms with van der Waals surface area (Å²) in [6, 6.07) is 2.64. The molecular formula is C6H3BF5N2+.